The number of hydrogen-bond donors (Lipinski definition) is 3. The Morgan fingerprint density at radius 3 is 2.83 bits per heavy atom. The number of carbonyl (C=O) groups excluding carboxylic acids is 2. The van der Waals surface area contributed by atoms with Gasteiger partial charge in [-0.2, -0.15) is 0 Å². The van der Waals surface area contributed by atoms with E-state index < -0.39 is 0 Å². The molecular weight excluding hydrogens is 326 g/mol. The first kappa shape index (κ1) is 16.3. The summed E-state index contributed by atoms with van der Waals surface area (Å²) in [4.78, 5) is 26.7. The number of phenolic OH excluding ortho intramolecular Hbond substituents is 1. The van der Waals surface area contributed by atoms with Gasteiger partial charge >= 0.3 is 6.03 Å². The van der Waals surface area contributed by atoms with Gasteiger partial charge in [0.05, 0.1) is 12.1 Å². The van der Waals surface area contributed by atoms with Gasteiger partial charge in [0.2, 0.25) is 0 Å². The number of urea groups is 1. The highest BCUT2D eigenvalue weighted by molar-refractivity contribution is 7.10. The molecule has 2 heterocycles. The van der Waals surface area contributed by atoms with Crippen LogP contribution in [0.5, 0.6) is 5.75 Å². The van der Waals surface area contributed by atoms with Crippen molar-refractivity contribution in [2.45, 2.75) is 26.9 Å². The standard InChI is InChI=1S/C17H19N3O3S/c1-9-4-10(2)14(21)5-13(9)19-17(23)18-6-15-11-7-20(3)16(22)12(11)8-24-15/h4-5,8,21H,6-7H2,1-3H3,(H2,18,19,23). The number of hydrogen-bond acceptors (Lipinski definition) is 4. The summed E-state index contributed by atoms with van der Waals surface area (Å²) in [6.45, 7) is 4.63. The van der Waals surface area contributed by atoms with Crippen LogP contribution in [0.2, 0.25) is 0 Å². The third-order valence-corrected chi connectivity index (χ3v) is 5.18. The van der Waals surface area contributed by atoms with Crippen LogP contribution in [0.25, 0.3) is 0 Å². The van der Waals surface area contributed by atoms with Crippen molar-refractivity contribution >= 4 is 29.0 Å². The number of aryl methyl sites for hydroxylation is 2. The van der Waals surface area contributed by atoms with E-state index in [1.165, 1.54) is 11.3 Å². The van der Waals surface area contributed by atoms with Crippen molar-refractivity contribution in [1.82, 2.24) is 10.2 Å². The molecule has 126 valence electrons. The Morgan fingerprint density at radius 1 is 1.33 bits per heavy atom. The summed E-state index contributed by atoms with van der Waals surface area (Å²) in [6, 6.07) is 3.01. The second kappa shape index (κ2) is 6.16. The number of benzene rings is 1. The van der Waals surface area contributed by atoms with Crippen LogP contribution in [0.15, 0.2) is 17.5 Å². The lowest BCUT2D eigenvalue weighted by atomic mass is 10.1. The molecule has 1 aliphatic rings. The van der Waals surface area contributed by atoms with Crippen LogP contribution < -0.4 is 10.6 Å². The number of aromatic hydroxyl groups is 1. The van der Waals surface area contributed by atoms with Crippen molar-refractivity contribution in [3.63, 3.8) is 0 Å². The highest BCUT2D eigenvalue weighted by Gasteiger charge is 2.28. The maximum absolute atomic E-state index is 12.1. The Kier molecular flexibility index (Phi) is 4.19. The largest absolute Gasteiger partial charge is 0.508 e. The van der Waals surface area contributed by atoms with Crippen molar-refractivity contribution in [3.05, 3.63) is 44.6 Å². The molecule has 0 fully saturated rings. The van der Waals surface area contributed by atoms with E-state index in [9.17, 15) is 14.7 Å². The molecule has 1 aromatic carbocycles. The predicted molar refractivity (Wildman–Crippen MR) is 93.6 cm³/mol. The minimum absolute atomic E-state index is 0.0303. The number of amides is 3. The van der Waals surface area contributed by atoms with Crippen LogP contribution in [0.1, 0.15) is 31.9 Å². The van der Waals surface area contributed by atoms with Gasteiger partial charge in [-0.1, -0.05) is 6.07 Å². The van der Waals surface area contributed by atoms with Crippen molar-refractivity contribution in [2.75, 3.05) is 12.4 Å². The number of thiophene rings is 1. The van der Waals surface area contributed by atoms with Crippen LogP contribution in [-0.2, 0) is 13.1 Å². The normalized spacial score (nSPS) is 13.1. The highest BCUT2D eigenvalue weighted by Crippen LogP contribution is 2.30. The van der Waals surface area contributed by atoms with Gasteiger partial charge in [0.15, 0.2) is 0 Å². The monoisotopic (exact) mass is 345 g/mol. The van der Waals surface area contributed by atoms with Gasteiger partial charge in [-0.25, -0.2) is 4.79 Å². The van der Waals surface area contributed by atoms with E-state index in [4.69, 9.17) is 0 Å². The summed E-state index contributed by atoms with van der Waals surface area (Å²) < 4.78 is 0. The lowest BCUT2D eigenvalue weighted by Gasteiger charge is -2.12. The van der Waals surface area contributed by atoms with Gasteiger partial charge in [0.1, 0.15) is 5.75 Å². The number of carbonyl (C=O) groups is 2. The second-order valence-electron chi connectivity index (χ2n) is 5.97. The number of anilines is 1. The smallest absolute Gasteiger partial charge is 0.319 e. The molecule has 0 unspecified atom stereocenters. The number of phenols is 1. The maximum Gasteiger partial charge on any atom is 0.319 e. The molecule has 1 aliphatic heterocycles. The molecule has 0 atom stereocenters. The molecule has 3 amide bonds. The van der Waals surface area contributed by atoms with Crippen molar-refractivity contribution < 1.29 is 14.7 Å². The molecule has 3 rings (SSSR count). The molecule has 0 radical (unpaired) electrons. The fraction of sp³-hybridized carbons (Fsp3) is 0.294. The molecule has 6 nitrogen and oxygen atoms in total. The summed E-state index contributed by atoms with van der Waals surface area (Å²) in [5, 5.41) is 17.2. The number of nitrogens with one attached hydrogen (secondary N) is 2. The van der Waals surface area contributed by atoms with Gasteiger partial charge in [-0.05, 0) is 30.5 Å². The molecule has 0 bridgehead atoms. The molecule has 0 spiro atoms. The first-order valence-corrected chi connectivity index (χ1v) is 8.44. The Bertz CT molecular complexity index is 829. The molecule has 24 heavy (non-hydrogen) atoms. The molecule has 0 aliphatic carbocycles. The summed E-state index contributed by atoms with van der Waals surface area (Å²) in [7, 11) is 1.77. The fourth-order valence-corrected chi connectivity index (χ4v) is 3.72. The summed E-state index contributed by atoms with van der Waals surface area (Å²) in [6.07, 6.45) is 0. The van der Waals surface area contributed by atoms with Crippen LogP contribution in [0, 0.1) is 13.8 Å². The van der Waals surface area contributed by atoms with Crippen molar-refractivity contribution in [2.24, 2.45) is 0 Å². The van der Waals surface area contributed by atoms with E-state index in [-0.39, 0.29) is 17.7 Å². The average Bonchev–Trinajstić information content (AvgIpc) is 3.04. The topological polar surface area (TPSA) is 81.7 Å². The molecule has 3 N–H and O–H groups in total. The lowest BCUT2D eigenvalue weighted by molar-refractivity contribution is 0.0816. The fourth-order valence-electron chi connectivity index (χ4n) is 2.74. The van der Waals surface area contributed by atoms with E-state index in [2.05, 4.69) is 10.6 Å². The summed E-state index contributed by atoms with van der Waals surface area (Å²) in [5.41, 5.74) is 3.95. The number of fused-ring (bicyclic) bond motifs is 1. The third-order valence-electron chi connectivity index (χ3n) is 4.15. The second-order valence-corrected chi connectivity index (χ2v) is 6.94. The predicted octanol–water partition coefficient (Wildman–Crippen LogP) is 2.98. The van der Waals surface area contributed by atoms with Crippen molar-refractivity contribution in [1.29, 1.82) is 0 Å². The Morgan fingerprint density at radius 2 is 2.08 bits per heavy atom. The Balaban J connectivity index is 1.64. The zero-order valence-electron chi connectivity index (χ0n) is 13.8. The number of rotatable bonds is 3. The number of nitrogens with zero attached hydrogens (tertiary/aromatic N) is 1. The first-order valence-electron chi connectivity index (χ1n) is 7.56. The van der Waals surface area contributed by atoms with Crippen LogP contribution in [-0.4, -0.2) is 29.0 Å². The van der Waals surface area contributed by atoms with E-state index in [1.807, 2.05) is 25.3 Å². The molecule has 0 saturated carbocycles. The minimum Gasteiger partial charge on any atom is -0.508 e. The maximum atomic E-state index is 12.1. The van der Waals surface area contributed by atoms with Crippen LogP contribution in [0.4, 0.5) is 10.5 Å². The molecule has 7 heteroatoms. The molecule has 0 saturated heterocycles. The first-order chi connectivity index (χ1) is 11.4. The molecule has 2 aromatic rings. The van der Waals surface area contributed by atoms with Crippen molar-refractivity contribution in [3.8, 4) is 5.75 Å². The zero-order valence-corrected chi connectivity index (χ0v) is 14.6. The highest BCUT2D eigenvalue weighted by atomic mass is 32.1. The average molecular weight is 345 g/mol. The lowest BCUT2D eigenvalue weighted by Crippen LogP contribution is -2.28. The SMILES string of the molecule is Cc1cc(C)c(NC(=O)NCc2scc3c2CN(C)C3=O)cc1O. The van der Waals surface area contributed by atoms with Crippen LogP contribution >= 0.6 is 11.3 Å². The zero-order chi connectivity index (χ0) is 17.4. The Hall–Kier alpha value is -2.54. The minimum atomic E-state index is -0.346. The van der Waals surface area contributed by atoms with E-state index in [0.717, 1.165) is 27.1 Å². The van der Waals surface area contributed by atoms with Crippen LogP contribution in [0.3, 0.4) is 0 Å². The van der Waals surface area contributed by atoms with E-state index >= 15 is 0 Å². The molecule has 1 aromatic heterocycles. The third kappa shape index (κ3) is 2.94. The quantitative estimate of drug-likeness (QED) is 0.800. The van der Waals surface area contributed by atoms with Gasteiger partial charge in [0, 0.05) is 35.6 Å². The van der Waals surface area contributed by atoms with Gasteiger partial charge in [-0.3, -0.25) is 4.79 Å². The van der Waals surface area contributed by atoms with Gasteiger partial charge < -0.3 is 20.6 Å². The summed E-state index contributed by atoms with van der Waals surface area (Å²) >= 11 is 1.48. The molecular formula is C17H19N3O3S. The van der Waals surface area contributed by atoms with E-state index in [1.54, 1.807) is 18.0 Å². The van der Waals surface area contributed by atoms with Gasteiger partial charge in [-0.15, -0.1) is 11.3 Å². The van der Waals surface area contributed by atoms with Gasteiger partial charge in [0.25, 0.3) is 5.91 Å². The Labute approximate surface area is 144 Å². The van der Waals surface area contributed by atoms with E-state index in [0.29, 0.717) is 18.8 Å². The summed E-state index contributed by atoms with van der Waals surface area (Å²) in [5.74, 6) is 0.177.